The van der Waals surface area contributed by atoms with Gasteiger partial charge in [0.25, 0.3) is 0 Å². The van der Waals surface area contributed by atoms with Crippen LogP contribution in [0.25, 0.3) is 122 Å². The van der Waals surface area contributed by atoms with E-state index in [0.29, 0.717) is 5.95 Å². The quantitative estimate of drug-likeness (QED) is 0.153. The lowest BCUT2D eigenvalue weighted by molar-refractivity contribution is 0.995. The summed E-state index contributed by atoms with van der Waals surface area (Å²) in [6, 6.07) is 91.2. The van der Waals surface area contributed by atoms with E-state index in [-0.39, 0.29) is 0 Å². The number of aromatic nitrogens is 4. The van der Waals surface area contributed by atoms with E-state index in [1.807, 2.05) is 0 Å². The average Bonchev–Trinajstić information content (AvgIpc) is 3.94. The first-order chi connectivity index (χ1) is 33.8. The summed E-state index contributed by atoms with van der Waals surface area (Å²) in [6.07, 6.45) is 0. The topological polar surface area (TPSA) is 35.6 Å². The van der Waals surface area contributed by atoms with Crippen LogP contribution in [0.15, 0.2) is 255 Å². The maximum absolute atomic E-state index is 5.63. The van der Waals surface area contributed by atoms with Crippen LogP contribution in [-0.2, 0) is 0 Å². The van der Waals surface area contributed by atoms with E-state index in [9.17, 15) is 0 Å². The van der Waals surface area contributed by atoms with Crippen molar-refractivity contribution in [2.75, 3.05) is 0 Å². The molecule has 0 saturated heterocycles. The Labute approximate surface area is 394 Å². The lowest BCUT2D eigenvalue weighted by atomic mass is 9.80. The molecule has 0 aliphatic heterocycles. The molecule has 318 valence electrons. The van der Waals surface area contributed by atoms with Crippen molar-refractivity contribution >= 4 is 43.6 Å². The van der Waals surface area contributed by atoms with E-state index < -0.39 is 0 Å². The molecule has 0 fully saturated rings. The third-order valence-corrected chi connectivity index (χ3v) is 13.3. The summed E-state index contributed by atoms with van der Waals surface area (Å²) in [6.45, 7) is 0. The Balaban J connectivity index is 1.29. The first-order valence-corrected chi connectivity index (χ1v) is 23.2. The fourth-order valence-corrected chi connectivity index (χ4v) is 10.4. The Kier molecular flexibility index (Phi) is 9.47. The summed E-state index contributed by atoms with van der Waals surface area (Å²) in [7, 11) is 0. The number of para-hydroxylation sites is 2. The van der Waals surface area contributed by atoms with Crippen LogP contribution in [0.5, 0.6) is 0 Å². The van der Waals surface area contributed by atoms with Crippen molar-refractivity contribution in [3.05, 3.63) is 255 Å². The Morgan fingerprint density at radius 3 is 1.12 bits per heavy atom. The highest BCUT2D eigenvalue weighted by Crippen LogP contribution is 2.54. The number of fused-ring (bicyclic) bond motifs is 6. The smallest absolute Gasteiger partial charge is 0.235 e. The molecule has 0 saturated carbocycles. The number of hydrogen-bond acceptors (Lipinski definition) is 2. The van der Waals surface area contributed by atoms with Crippen LogP contribution in [0, 0.1) is 0 Å². The second kappa shape index (κ2) is 16.4. The van der Waals surface area contributed by atoms with Crippen molar-refractivity contribution in [1.82, 2.24) is 19.1 Å². The van der Waals surface area contributed by atoms with Crippen LogP contribution < -0.4 is 0 Å². The molecular formula is C64H42N4. The van der Waals surface area contributed by atoms with Crippen molar-refractivity contribution in [3.63, 3.8) is 0 Å². The SMILES string of the molecule is c1ccc(-c2cc(-c3ccccc3)nc(-n3c4cc(-n5c6ccccc6c6ccccc65)ccc4c4c(-c5ccccc5)c(-c5ccccc5)c(-c5ccccc5)c(-c5ccccc5)c43)n2)cc1. The predicted octanol–water partition coefficient (Wildman–Crippen LogP) is 16.7. The van der Waals surface area contributed by atoms with Crippen LogP contribution in [-0.4, -0.2) is 19.1 Å². The molecule has 0 bridgehead atoms. The van der Waals surface area contributed by atoms with Gasteiger partial charge < -0.3 is 4.57 Å². The molecule has 68 heavy (non-hydrogen) atoms. The van der Waals surface area contributed by atoms with E-state index in [2.05, 4.69) is 264 Å². The molecule has 3 aromatic heterocycles. The highest BCUT2D eigenvalue weighted by molar-refractivity contribution is 6.26. The van der Waals surface area contributed by atoms with Gasteiger partial charge in [0.15, 0.2) is 0 Å². The molecule has 0 atom stereocenters. The molecule has 0 aliphatic carbocycles. The average molecular weight is 867 g/mol. The van der Waals surface area contributed by atoms with Crippen molar-refractivity contribution in [3.8, 4) is 78.7 Å². The minimum Gasteiger partial charge on any atom is -0.309 e. The Bertz CT molecular complexity index is 3860. The highest BCUT2D eigenvalue weighted by atomic mass is 15.2. The maximum atomic E-state index is 5.63. The molecule has 10 aromatic carbocycles. The summed E-state index contributed by atoms with van der Waals surface area (Å²) in [4.78, 5) is 11.3. The van der Waals surface area contributed by atoms with E-state index >= 15 is 0 Å². The highest BCUT2D eigenvalue weighted by Gasteiger charge is 2.30. The third kappa shape index (κ3) is 6.45. The molecule has 0 unspecified atom stereocenters. The van der Waals surface area contributed by atoms with Gasteiger partial charge in [-0.15, -0.1) is 0 Å². The van der Waals surface area contributed by atoms with Gasteiger partial charge in [0.05, 0.1) is 33.5 Å². The summed E-state index contributed by atoms with van der Waals surface area (Å²) >= 11 is 0. The molecular weight excluding hydrogens is 825 g/mol. The summed E-state index contributed by atoms with van der Waals surface area (Å²) in [5.41, 5.74) is 18.2. The second-order valence-electron chi connectivity index (χ2n) is 17.3. The second-order valence-corrected chi connectivity index (χ2v) is 17.3. The van der Waals surface area contributed by atoms with E-state index in [1.165, 1.54) is 16.3 Å². The van der Waals surface area contributed by atoms with E-state index in [1.54, 1.807) is 0 Å². The Hall–Kier alpha value is -9.12. The zero-order chi connectivity index (χ0) is 45.0. The van der Waals surface area contributed by atoms with Gasteiger partial charge in [0.1, 0.15) is 0 Å². The van der Waals surface area contributed by atoms with Gasteiger partial charge in [-0.3, -0.25) is 4.57 Å². The van der Waals surface area contributed by atoms with Crippen LogP contribution in [0.3, 0.4) is 0 Å². The first-order valence-electron chi connectivity index (χ1n) is 23.2. The number of nitrogens with zero attached hydrogens (tertiary/aromatic N) is 4. The van der Waals surface area contributed by atoms with Crippen molar-refractivity contribution < 1.29 is 0 Å². The first kappa shape index (κ1) is 39.3. The third-order valence-electron chi connectivity index (χ3n) is 13.3. The van der Waals surface area contributed by atoms with E-state index in [0.717, 1.165) is 100.0 Å². The van der Waals surface area contributed by atoms with Crippen LogP contribution >= 0.6 is 0 Å². The molecule has 0 N–H and O–H groups in total. The Morgan fingerprint density at radius 2 is 0.647 bits per heavy atom. The number of hydrogen-bond donors (Lipinski definition) is 0. The molecule has 13 aromatic rings. The lowest BCUT2D eigenvalue weighted by Crippen LogP contribution is -2.06. The normalized spacial score (nSPS) is 11.5. The number of rotatable bonds is 8. The summed E-state index contributed by atoms with van der Waals surface area (Å²) in [5.74, 6) is 0.590. The van der Waals surface area contributed by atoms with Crippen molar-refractivity contribution in [2.45, 2.75) is 0 Å². The van der Waals surface area contributed by atoms with Gasteiger partial charge in [0.2, 0.25) is 5.95 Å². The summed E-state index contributed by atoms with van der Waals surface area (Å²) < 4.78 is 4.78. The largest absolute Gasteiger partial charge is 0.309 e. The van der Waals surface area contributed by atoms with Gasteiger partial charge in [-0.05, 0) is 58.1 Å². The lowest BCUT2D eigenvalue weighted by Gasteiger charge is -2.24. The maximum Gasteiger partial charge on any atom is 0.235 e. The van der Waals surface area contributed by atoms with Crippen LogP contribution in [0.2, 0.25) is 0 Å². The van der Waals surface area contributed by atoms with Gasteiger partial charge in [-0.25, -0.2) is 9.97 Å². The van der Waals surface area contributed by atoms with Gasteiger partial charge in [-0.1, -0.05) is 224 Å². The van der Waals surface area contributed by atoms with Crippen LogP contribution in [0.4, 0.5) is 0 Å². The van der Waals surface area contributed by atoms with E-state index in [4.69, 9.17) is 9.97 Å². The molecule has 0 spiro atoms. The van der Waals surface area contributed by atoms with Gasteiger partial charge in [0, 0.05) is 55.0 Å². The summed E-state index contributed by atoms with van der Waals surface area (Å²) in [5, 5.41) is 4.67. The Morgan fingerprint density at radius 1 is 0.265 bits per heavy atom. The zero-order valence-corrected chi connectivity index (χ0v) is 37.0. The number of benzene rings is 10. The monoisotopic (exact) mass is 866 g/mol. The zero-order valence-electron chi connectivity index (χ0n) is 37.0. The van der Waals surface area contributed by atoms with Gasteiger partial charge >= 0.3 is 0 Å². The fraction of sp³-hybridized carbons (Fsp3) is 0. The predicted molar refractivity (Wildman–Crippen MR) is 283 cm³/mol. The molecule has 4 nitrogen and oxygen atoms in total. The molecule has 0 amide bonds. The molecule has 13 rings (SSSR count). The molecule has 3 heterocycles. The molecule has 0 radical (unpaired) electrons. The fourth-order valence-electron chi connectivity index (χ4n) is 10.4. The standard InChI is InChI=1S/C64H42N4/c1-7-23-43(24-8-1)53-42-54(44-25-9-2-10-26-44)66-64(65-53)68-57-41-49(67-55-37-21-19-35-50(55)51-36-20-22-38-56(51)67)39-40-52(57)62-60(47-31-15-5-16-32-47)58(45-27-11-3-12-28-45)59(46-29-13-4-14-30-46)61(63(62)68)48-33-17-6-18-34-48/h1-42H. The van der Waals surface area contributed by atoms with Crippen molar-refractivity contribution in [2.24, 2.45) is 0 Å². The molecule has 4 heteroatoms. The minimum absolute atomic E-state index is 0.590. The van der Waals surface area contributed by atoms with Gasteiger partial charge in [-0.2, -0.15) is 0 Å². The molecule has 0 aliphatic rings. The van der Waals surface area contributed by atoms with Crippen molar-refractivity contribution in [1.29, 1.82) is 0 Å². The van der Waals surface area contributed by atoms with Crippen LogP contribution in [0.1, 0.15) is 0 Å². The minimum atomic E-state index is 0.590.